The number of anilines is 1. The normalized spacial score (nSPS) is 18.4. The fourth-order valence-electron chi connectivity index (χ4n) is 6.82. The van der Waals surface area contributed by atoms with Crippen molar-refractivity contribution >= 4 is 42.6 Å². The van der Waals surface area contributed by atoms with Gasteiger partial charge in [-0.2, -0.15) is 0 Å². The van der Waals surface area contributed by atoms with Crippen LogP contribution in [0.4, 0.5) is 10.5 Å². The van der Waals surface area contributed by atoms with Crippen molar-refractivity contribution in [1.29, 1.82) is 0 Å². The Balaban J connectivity index is 1.08. The summed E-state index contributed by atoms with van der Waals surface area (Å²) in [5.41, 5.74) is 5.47. The average Bonchev–Trinajstić information content (AvgIpc) is 3.94. The molecular formula is C36H38BN7O5. The number of fused-ring (bicyclic) bond motifs is 1. The Morgan fingerprint density at radius 1 is 1.02 bits per heavy atom. The summed E-state index contributed by atoms with van der Waals surface area (Å²) in [6.45, 7) is 3.37. The van der Waals surface area contributed by atoms with Gasteiger partial charge in [-0.05, 0) is 74.5 Å². The van der Waals surface area contributed by atoms with Gasteiger partial charge in [-0.15, -0.1) is 0 Å². The van der Waals surface area contributed by atoms with Crippen molar-refractivity contribution in [3.63, 3.8) is 0 Å². The lowest BCUT2D eigenvalue weighted by molar-refractivity contribution is -0.138. The topological polar surface area (TPSA) is 146 Å². The molecular weight excluding hydrogens is 621 g/mol. The van der Waals surface area contributed by atoms with E-state index in [9.17, 15) is 14.4 Å². The van der Waals surface area contributed by atoms with Gasteiger partial charge in [0.05, 0.1) is 30.4 Å². The molecule has 3 aromatic carbocycles. The maximum absolute atomic E-state index is 13.8. The van der Waals surface area contributed by atoms with Gasteiger partial charge in [-0.25, -0.2) is 14.8 Å². The van der Waals surface area contributed by atoms with E-state index in [1.165, 1.54) is 12.0 Å². The monoisotopic (exact) mass is 659 g/mol. The lowest BCUT2D eigenvalue weighted by atomic mass is 10.0. The van der Waals surface area contributed by atoms with Crippen molar-refractivity contribution < 1.29 is 23.5 Å². The Hall–Kier alpha value is -5.43. The molecule has 2 saturated heterocycles. The molecule has 0 aliphatic carbocycles. The third-order valence-corrected chi connectivity index (χ3v) is 9.54. The molecule has 0 saturated carbocycles. The zero-order valence-corrected chi connectivity index (χ0v) is 27.7. The number of nitrogens with zero attached hydrogens (tertiary/aromatic N) is 4. The molecule has 3 N–H and O–H groups in total. The first-order valence-electron chi connectivity index (χ1n) is 16.6. The number of imidazole rings is 1. The number of aromatic amines is 1. The van der Waals surface area contributed by atoms with Crippen LogP contribution in [0.15, 0.2) is 77.3 Å². The first-order chi connectivity index (χ1) is 23.8. The lowest BCUT2D eigenvalue weighted by Crippen LogP contribution is -2.48. The maximum atomic E-state index is 13.8. The maximum Gasteiger partial charge on any atom is 0.407 e. The molecule has 4 heterocycles. The molecule has 7 rings (SSSR count). The van der Waals surface area contributed by atoms with Crippen molar-refractivity contribution in [2.45, 2.75) is 50.7 Å². The van der Waals surface area contributed by atoms with Crippen molar-refractivity contribution in [2.75, 3.05) is 25.5 Å². The van der Waals surface area contributed by atoms with Crippen LogP contribution in [-0.4, -0.2) is 76.8 Å². The highest BCUT2D eigenvalue weighted by Gasteiger charge is 2.38. The van der Waals surface area contributed by atoms with Crippen LogP contribution in [0.5, 0.6) is 0 Å². The van der Waals surface area contributed by atoms with Crippen LogP contribution in [-0.2, 0) is 14.3 Å². The number of hydrogen-bond acceptors (Lipinski definition) is 8. The van der Waals surface area contributed by atoms with Gasteiger partial charge in [-0.1, -0.05) is 42.5 Å². The third-order valence-electron chi connectivity index (χ3n) is 9.54. The van der Waals surface area contributed by atoms with Crippen LogP contribution in [0.1, 0.15) is 54.7 Å². The zero-order chi connectivity index (χ0) is 34.1. The van der Waals surface area contributed by atoms with Gasteiger partial charge < -0.3 is 34.5 Å². The standard InChI is InChI=1S/C36H38BN7O5/c1-21-12-13-23(30-20-38-34(49-30)24-14-15-25-27(19-24)40-32(39-25)28-10-7-17-44(28)37)18-26(21)41-33(45)29-11-6-16-43(29)35(46)31(42-36(47)48-2)22-8-4-3-5-9-22/h3-5,8-9,12-15,18-20,28-29,31H,6-7,10-11,16-17,37H2,1-2H3,(H,39,40)(H,41,45)(H,42,47)/t28-,29-,31+/m0/s1. The minimum Gasteiger partial charge on any atom is -0.453 e. The number of rotatable bonds is 8. The van der Waals surface area contributed by atoms with E-state index in [1.54, 1.807) is 30.5 Å². The third kappa shape index (κ3) is 6.53. The van der Waals surface area contributed by atoms with Crippen LogP contribution >= 0.6 is 0 Å². The van der Waals surface area contributed by atoms with E-state index in [0.717, 1.165) is 52.9 Å². The summed E-state index contributed by atoms with van der Waals surface area (Å²) in [4.78, 5) is 56.4. The smallest absolute Gasteiger partial charge is 0.407 e. The molecule has 2 aliphatic rings. The number of hydrogen-bond donors (Lipinski definition) is 3. The Morgan fingerprint density at radius 3 is 2.59 bits per heavy atom. The van der Waals surface area contributed by atoms with E-state index in [4.69, 9.17) is 14.1 Å². The van der Waals surface area contributed by atoms with Gasteiger partial charge in [0.15, 0.2) is 13.7 Å². The van der Waals surface area contributed by atoms with Crippen LogP contribution in [0.3, 0.4) is 0 Å². The van der Waals surface area contributed by atoms with E-state index in [2.05, 4.69) is 33.4 Å². The van der Waals surface area contributed by atoms with E-state index < -0.39 is 18.2 Å². The van der Waals surface area contributed by atoms with Crippen molar-refractivity contribution in [1.82, 2.24) is 30.0 Å². The molecule has 0 spiro atoms. The van der Waals surface area contributed by atoms with Gasteiger partial charge in [0, 0.05) is 23.4 Å². The molecule has 2 aromatic heterocycles. The number of nitrogens with one attached hydrogen (secondary N) is 3. The van der Waals surface area contributed by atoms with Gasteiger partial charge >= 0.3 is 6.09 Å². The number of oxazole rings is 1. The van der Waals surface area contributed by atoms with Crippen LogP contribution in [0.2, 0.25) is 0 Å². The quantitative estimate of drug-likeness (QED) is 0.200. The molecule has 12 nitrogen and oxygen atoms in total. The van der Waals surface area contributed by atoms with Crippen molar-refractivity contribution in [2.24, 2.45) is 0 Å². The molecule has 0 bridgehead atoms. The van der Waals surface area contributed by atoms with Gasteiger partial charge in [0.25, 0.3) is 5.91 Å². The number of aromatic nitrogens is 3. The average molecular weight is 660 g/mol. The number of amides is 3. The number of carbonyl (C=O) groups excluding carboxylic acids is 3. The fraction of sp³-hybridized carbons (Fsp3) is 0.306. The highest BCUT2D eigenvalue weighted by atomic mass is 16.5. The number of benzene rings is 3. The van der Waals surface area contributed by atoms with E-state index >= 15 is 0 Å². The molecule has 5 aromatic rings. The molecule has 250 valence electrons. The summed E-state index contributed by atoms with van der Waals surface area (Å²) >= 11 is 0. The van der Waals surface area contributed by atoms with Crippen LogP contribution < -0.4 is 10.6 Å². The highest BCUT2D eigenvalue weighted by Crippen LogP contribution is 2.33. The minimum absolute atomic E-state index is 0.299. The summed E-state index contributed by atoms with van der Waals surface area (Å²) < 4.78 is 11.0. The number of ether oxygens (including phenoxy) is 1. The second-order valence-electron chi connectivity index (χ2n) is 12.7. The second kappa shape index (κ2) is 13.6. The molecule has 2 fully saturated rings. The predicted octanol–water partition coefficient (Wildman–Crippen LogP) is 4.91. The highest BCUT2D eigenvalue weighted by molar-refractivity contribution is 6.04. The van der Waals surface area contributed by atoms with E-state index in [1.807, 2.05) is 49.4 Å². The number of methoxy groups -OCH3 is 1. The minimum atomic E-state index is -0.988. The molecule has 49 heavy (non-hydrogen) atoms. The first kappa shape index (κ1) is 32.1. The predicted molar refractivity (Wildman–Crippen MR) is 187 cm³/mol. The Kier molecular flexibility index (Phi) is 8.92. The number of likely N-dealkylation sites (tertiary alicyclic amines) is 1. The Labute approximate surface area is 284 Å². The van der Waals surface area contributed by atoms with E-state index in [-0.39, 0.29) is 11.8 Å². The van der Waals surface area contributed by atoms with E-state index in [0.29, 0.717) is 48.3 Å². The Bertz CT molecular complexity index is 2010. The summed E-state index contributed by atoms with van der Waals surface area (Å²) in [5.74, 6) is 1.33. The van der Waals surface area contributed by atoms with Gasteiger partial charge in [0.2, 0.25) is 11.8 Å². The summed E-state index contributed by atoms with van der Waals surface area (Å²) in [7, 11) is 3.38. The van der Waals surface area contributed by atoms with Crippen molar-refractivity contribution in [3.8, 4) is 22.8 Å². The molecule has 3 amide bonds. The van der Waals surface area contributed by atoms with Gasteiger partial charge in [-0.3, -0.25) is 9.59 Å². The second-order valence-corrected chi connectivity index (χ2v) is 12.7. The zero-order valence-electron chi connectivity index (χ0n) is 27.7. The number of H-pyrrole nitrogens is 1. The summed E-state index contributed by atoms with van der Waals surface area (Å²) in [5, 5.41) is 5.68. The molecule has 3 atom stereocenters. The number of carbonyl (C=O) groups is 3. The summed E-state index contributed by atoms with van der Waals surface area (Å²) in [6, 6.07) is 19.2. The molecule has 2 aliphatic heterocycles. The largest absolute Gasteiger partial charge is 0.453 e. The first-order valence-corrected chi connectivity index (χ1v) is 16.6. The SMILES string of the molecule is BN1CCC[C@H]1c1nc2cc(-c3ncc(-c4ccc(C)c(NC(=O)[C@@H]5CCCN5C(=O)[C@H](NC(=O)OC)c5ccccc5)c4)o3)ccc2[nH]1. The summed E-state index contributed by atoms with van der Waals surface area (Å²) in [6.07, 6.45) is 4.36. The lowest BCUT2D eigenvalue weighted by Gasteiger charge is -2.29. The van der Waals surface area contributed by atoms with Gasteiger partial charge in [0.1, 0.15) is 17.9 Å². The molecule has 13 heteroatoms. The molecule has 0 unspecified atom stereocenters. The number of aryl methyl sites for hydroxylation is 1. The molecule has 0 radical (unpaired) electrons. The van der Waals surface area contributed by atoms with Crippen LogP contribution in [0, 0.1) is 6.92 Å². The van der Waals surface area contributed by atoms with Crippen LogP contribution in [0.25, 0.3) is 33.8 Å². The Morgan fingerprint density at radius 2 is 1.82 bits per heavy atom. The number of alkyl carbamates (subject to hydrolysis) is 1. The van der Waals surface area contributed by atoms with Crippen molar-refractivity contribution in [3.05, 3.63) is 89.9 Å². The fourth-order valence-corrected chi connectivity index (χ4v) is 6.82.